The minimum atomic E-state index is -4.28. The molecule has 10 heteroatoms. The monoisotopic (exact) mass is 383 g/mol. The van der Waals surface area contributed by atoms with E-state index < -0.39 is 22.0 Å². The number of carboxylic acids is 1. The fourth-order valence-corrected chi connectivity index (χ4v) is 4.22. The van der Waals surface area contributed by atoms with E-state index in [0.717, 1.165) is 0 Å². The Balaban J connectivity index is 2.58. The molecule has 2 rings (SSSR count). The van der Waals surface area contributed by atoms with E-state index in [9.17, 15) is 18.3 Å². The number of sulfonamides is 1. The molecule has 0 fully saturated rings. The molecule has 26 heavy (non-hydrogen) atoms. The van der Waals surface area contributed by atoms with Crippen molar-refractivity contribution in [2.24, 2.45) is 7.05 Å². The minimum Gasteiger partial charge on any atom is -0.495 e. The quantitative estimate of drug-likeness (QED) is 0.736. The Morgan fingerprint density at radius 3 is 2.15 bits per heavy atom. The second kappa shape index (κ2) is 7.34. The number of aryl methyl sites for hydroxylation is 2. The standard InChI is InChI=1S/C16H21N3O6S/c1-9-13(10(2)19(3)17-9)14(16(20)21)18-26(22,23)15-11(24-4)7-6-8-12(15)25-5/h6-8,14,18H,1-5H3,(H,20,21). The first-order valence-electron chi connectivity index (χ1n) is 7.60. The van der Waals surface area contributed by atoms with E-state index in [1.807, 2.05) is 0 Å². The van der Waals surface area contributed by atoms with E-state index in [4.69, 9.17) is 9.47 Å². The van der Waals surface area contributed by atoms with Crippen molar-refractivity contribution in [2.45, 2.75) is 24.8 Å². The molecule has 1 heterocycles. The van der Waals surface area contributed by atoms with Crippen LogP contribution >= 0.6 is 0 Å². The fraction of sp³-hybridized carbons (Fsp3) is 0.375. The number of ether oxygens (including phenoxy) is 2. The summed E-state index contributed by atoms with van der Waals surface area (Å²) in [5, 5.41) is 13.8. The van der Waals surface area contributed by atoms with Gasteiger partial charge in [0.2, 0.25) is 10.0 Å². The average molecular weight is 383 g/mol. The van der Waals surface area contributed by atoms with Crippen molar-refractivity contribution >= 4 is 16.0 Å². The second-order valence-electron chi connectivity index (χ2n) is 5.59. The Bertz CT molecular complexity index is 913. The van der Waals surface area contributed by atoms with Gasteiger partial charge in [0.15, 0.2) is 4.90 Å². The van der Waals surface area contributed by atoms with Gasteiger partial charge in [0.05, 0.1) is 19.9 Å². The highest BCUT2D eigenvalue weighted by Crippen LogP contribution is 2.34. The summed E-state index contributed by atoms with van der Waals surface area (Å²) in [6.07, 6.45) is 0. The number of hydrogen-bond donors (Lipinski definition) is 2. The van der Waals surface area contributed by atoms with Gasteiger partial charge in [0, 0.05) is 18.3 Å². The Labute approximate surface area is 151 Å². The molecule has 0 spiro atoms. The lowest BCUT2D eigenvalue weighted by molar-refractivity contribution is -0.139. The van der Waals surface area contributed by atoms with Crippen LogP contribution in [0, 0.1) is 13.8 Å². The molecule has 0 radical (unpaired) electrons. The summed E-state index contributed by atoms with van der Waals surface area (Å²) < 4.78 is 39.8. The Morgan fingerprint density at radius 2 is 1.77 bits per heavy atom. The van der Waals surface area contributed by atoms with Gasteiger partial charge in [-0.1, -0.05) is 6.07 Å². The maximum Gasteiger partial charge on any atom is 0.326 e. The zero-order chi connectivity index (χ0) is 19.6. The summed E-state index contributed by atoms with van der Waals surface area (Å²) in [5.41, 5.74) is 1.26. The summed E-state index contributed by atoms with van der Waals surface area (Å²) in [7, 11) is 0.00964. The van der Waals surface area contributed by atoms with Crippen molar-refractivity contribution in [1.29, 1.82) is 0 Å². The Kier molecular flexibility index (Phi) is 5.57. The molecule has 0 saturated carbocycles. The zero-order valence-corrected chi connectivity index (χ0v) is 15.9. The molecule has 2 N–H and O–H groups in total. The van der Waals surface area contributed by atoms with Crippen LogP contribution in [0.3, 0.4) is 0 Å². The van der Waals surface area contributed by atoms with Crippen molar-refractivity contribution in [3.05, 3.63) is 35.2 Å². The van der Waals surface area contributed by atoms with Crippen LogP contribution < -0.4 is 14.2 Å². The summed E-state index contributed by atoms with van der Waals surface area (Å²) >= 11 is 0. The lowest BCUT2D eigenvalue weighted by Crippen LogP contribution is -2.35. The maximum absolute atomic E-state index is 12.9. The van der Waals surface area contributed by atoms with E-state index in [1.165, 1.54) is 31.0 Å². The number of nitrogens with one attached hydrogen (secondary N) is 1. The molecule has 1 atom stereocenters. The van der Waals surface area contributed by atoms with Crippen LogP contribution in [0.5, 0.6) is 11.5 Å². The van der Waals surface area contributed by atoms with Crippen molar-refractivity contribution in [3.8, 4) is 11.5 Å². The van der Waals surface area contributed by atoms with Gasteiger partial charge < -0.3 is 14.6 Å². The van der Waals surface area contributed by atoms with Crippen LogP contribution in [0.2, 0.25) is 0 Å². The number of aliphatic carboxylic acids is 1. The number of hydrogen-bond acceptors (Lipinski definition) is 6. The average Bonchev–Trinajstić information content (AvgIpc) is 2.84. The lowest BCUT2D eigenvalue weighted by Gasteiger charge is -2.18. The van der Waals surface area contributed by atoms with Gasteiger partial charge in [-0.15, -0.1) is 0 Å². The maximum atomic E-state index is 12.9. The zero-order valence-electron chi connectivity index (χ0n) is 15.1. The van der Waals surface area contributed by atoms with Crippen LogP contribution in [0.1, 0.15) is 23.0 Å². The molecule has 142 valence electrons. The minimum absolute atomic E-state index is 0.0422. The highest BCUT2D eigenvalue weighted by Gasteiger charge is 2.34. The van der Waals surface area contributed by atoms with Crippen LogP contribution in [0.25, 0.3) is 0 Å². The van der Waals surface area contributed by atoms with Crippen LogP contribution in [0.4, 0.5) is 0 Å². The van der Waals surface area contributed by atoms with Gasteiger partial charge >= 0.3 is 5.97 Å². The number of carbonyl (C=O) groups is 1. The first kappa shape index (κ1) is 19.7. The van der Waals surface area contributed by atoms with Gasteiger partial charge in [-0.2, -0.15) is 9.82 Å². The Morgan fingerprint density at radius 1 is 1.23 bits per heavy atom. The highest BCUT2D eigenvalue weighted by atomic mass is 32.2. The summed E-state index contributed by atoms with van der Waals surface area (Å²) in [4.78, 5) is 11.5. The summed E-state index contributed by atoms with van der Waals surface area (Å²) in [6.45, 7) is 3.29. The smallest absolute Gasteiger partial charge is 0.326 e. The molecule has 1 aromatic carbocycles. The molecule has 0 aliphatic heterocycles. The summed E-state index contributed by atoms with van der Waals surface area (Å²) in [5.74, 6) is -1.26. The highest BCUT2D eigenvalue weighted by molar-refractivity contribution is 7.89. The molecule has 1 unspecified atom stereocenters. The molecule has 2 aromatic rings. The normalized spacial score (nSPS) is 12.7. The number of methoxy groups -OCH3 is 2. The molecular weight excluding hydrogens is 362 g/mol. The second-order valence-corrected chi connectivity index (χ2v) is 7.24. The molecule has 0 aliphatic rings. The lowest BCUT2D eigenvalue weighted by atomic mass is 10.1. The summed E-state index contributed by atoms with van der Waals surface area (Å²) in [6, 6.07) is 2.96. The van der Waals surface area contributed by atoms with E-state index in [-0.39, 0.29) is 22.0 Å². The predicted octanol–water partition coefficient (Wildman–Crippen LogP) is 1.16. The van der Waals surface area contributed by atoms with Gasteiger partial charge in [-0.05, 0) is 26.0 Å². The van der Waals surface area contributed by atoms with Crippen molar-refractivity contribution in [3.63, 3.8) is 0 Å². The van der Waals surface area contributed by atoms with Crippen molar-refractivity contribution in [1.82, 2.24) is 14.5 Å². The van der Waals surface area contributed by atoms with Crippen LogP contribution in [0.15, 0.2) is 23.1 Å². The first-order chi connectivity index (χ1) is 12.1. The van der Waals surface area contributed by atoms with Crippen molar-refractivity contribution < 1.29 is 27.8 Å². The first-order valence-corrected chi connectivity index (χ1v) is 9.08. The molecule has 9 nitrogen and oxygen atoms in total. The molecule has 0 aliphatic carbocycles. The number of benzene rings is 1. The molecule has 0 amide bonds. The van der Waals surface area contributed by atoms with E-state index >= 15 is 0 Å². The van der Waals surface area contributed by atoms with E-state index in [0.29, 0.717) is 11.4 Å². The van der Waals surface area contributed by atoms with Crippen molar-refractivity contribution in [2.75, 3.05) is 14.2 Å². The van der Waals surface area contributed by atoms with Gasteiger partial charge in [-0.3, -0.25) is 9.48 Å². The third-order valence-corrected chi connectivity index (χ3v) is 5.51. The van der Waals surface area contributed by atoms with Gasteiger partial charge in [-0.25, -0.2) is 8.42 Å². The number of carboxylic acid groups (broad SMARTS) is 1. The number of nitrogens with zero attached hydrogens (tertiary/aromatic N) is 2. The van der Waals surface area contributed by atoms with E-state index in [1.54, 1.807) is 27.0 Å². The van der Waals surface area contributed by atoms with Gasteiger partial charge in [0.25, 0.3) is 0 Å². The Hall–Kier alpha value is -2.59. The van der Waals surface area contributed by atoms with Crippen LogP contribution in [-0.2, 0) is 21.9 Å². The molecular formula is C16H21N3O6S. The predicted molar refractivity (Wildman–Crippen MR) is 92.9 cm³/mol. The SMILES string of the molecule is COc1cccc(OC)c1S(=O)(=O)NC(C(=O)O)c1c(C)nn(C)c1C. The third-order valence-electron chi connectivity index (χ3n) is 4.02. The third kappa shape index (κ3) is 3.51. The number of aromatic nitrogens is 2. The molecule has 1 aromatic heterocycles. The largest absolute Gasteiger partial charge is 0.495 e. The van der Waals surface area contributed by atoms with E-state index in [2.05, 4.69) is 9.82 Å². The van der Waals surface area contributed by atoms with Gasteiger partial charge in [0.1, 0.15) is 17.5 Å². The van der Waals surface area contributed by atoms with Crippen LogP contribution in [-0.4, -0.2) is 43.5 Å². The molecule has 0 bridgehead atoms. The fourth-order valence-electron chi connectivity index (χ4n) is 2.74. The number of rotatable bonds is 7. The topological polar surface area (TPSA) is 120 Å². The molecule has 0 saturated heterocycles.